The summed E-state index contributed by atoms with van der Waals surface area (Å²) in [5.74, 6) is -1.37. The fourth-order valence-corrected chi connectivity index (χ4v) is 2.33. The summed E-state index contributed by atoms with van der Waals surface area (Å²) in [5.41, 5.74) is 0.299. The number of amides is 3. The number of rotatable bonds is 6. The van der Waals surface area contributed by atoms with Crippen LogP contribution in [0.4, 0.5) is 20.6 Å². The van der Waals surface area contributed by atoms with E-state index in [9.17, 15) is 18.8 Å². The van der Waals surface area contributed by atoms with Crippen LogP contribution in [0.1, 0.15) is 37.6 Å². The molecule has 29 heavy (non-hydrogen) atoms. The van der Waals surface area contributed by atoms with Gasteiger partial charge in [0.25, 0.3) is 5.91 Å². The second kappa shape index (κ2) is 9.68. The highest BCUT2D eigenvalue weighted by molar-refractivity contribution is 6.07. The van der Waals surface area contributed by atoms with E-state index in [1.165, 1.54) is 18.2 Å². The van der Waals surface area contributed by atoms with Gasteiger partial charge in [-0.05, 0) is 51.1 Å². The van der Waals surface area contributed by atoms with E-state index in [1.807, 2.05) is 0 Å². The van der Waals surface area contributed by atoms with Crippen molar-refractivity contribution >= 4 is 29.3 Å². The van der Waals surface area contributed by atoms with Crippen molar-refractivity contribution in [3.8, 4) is 0 Å². The van der Waals surface area contributed by atoms with Crippen LogP contribution in [0.3, 0.4) is 0 Å². The molecule has 0 bridgehead atoms. The second-order valence-corrected chi connectivity index (χ2v) is 7.24. The molecular weight excluding hydrogens is 377 g/mol. The van der Waals surface area contributed by atoms with E-state index in [2.05, 4.69) is 16.0 Å². The van der Waals surface area contributed by atoms with Gasteiger partial charge in [0.2, 0.25) is 5.91 Å². The maximum Gasteiger partial charge on any atom is 0.407 e. The van der Waals surface area contributed by atoms with Crippen LogP contribution in [0.2, 0.25) is 0 Å². The molecule has 3 amide bonds. The predicted octanol–water partition coefficient (Wildman–Crippen LogP) is 3.93. The Bertz CT molecular complexity index is 893. The predicted molar refractivity (Wildman–Crippen MR) is 108 cm³/mol. The fraction of sp³-hybridized carbons (Fsp3) is 0.286. The van der Waals surface area contributed by atoms with E-state index in [4.69, 9.17) is 4.74 Å². The molecule has 0 spiro atoms. The molecule has 0 fully saturated rings. The van der Waals surface area contributed by atoms with Crippen molar-refractivity contribution < 1.29 is 23.5 Å². The molecule has 2 aromatic carbocycles. The molecule has 0 aliphatic carbocycles. The summed E-state index contributed by atoms with van der Waals surface area (Å²) in [6, 6.07) is 11.9. The Morgan fingerprint density at radius 2 is 1.62 bits per heavy atom. The zero-order valence-electron chi connectivity index (χ0n) is 16.5. The Hall–Kier alpha value is -3.42. The lowest BCUT2D eigenvalue weighted by molar-refractivity contribution is -0.116. The first-order valence-corrected chi connectivity index (χ1v) is 9.07. The van der Waals surface area contributed by atoms with Crippen LogP contribution >= 0.6 is 0 Å². The number of nitrogens with one attached hydrogen (secondary N) is 3. The van der Waals surface area contributed by atoms with Crippen molar-refractivity contribution in [2.45, 2.75) is 32.8 Å². The quantitative estimate of drug-likeness (QED) is 0.683. The van der Waals surface area contributed by atoms with Gasteiger partial charge in [-0.15, -0.1) is 0 Å². The lowest BCUT2D eigenvalue weighted by atomic mass is 10.2. The molecule has 8 heteroatoms. The van der Waals surface area contributed by atoms with E-state index >= 15 is 0 Å². The average Bonchev–Trinajstić information content (AvgIpc) is 2.61. The van der Waals surface area contributed by atoms with Gasteiger partial charge < -0.3 is 20.7 Å². The molecule has 0 heterocycles. The molecule has 0 saturated carbocycles. The van der Waals surface area contributed by atoms with Crippen molar-refractivity contribution in [1.29, 1.82) is 0 Å². The van der Waals surface area contributed by atoms with Gasteiger partial charge in [0.05, 0.1) is 11.4 Å². The van der Waals surface area contributed by atoms with E-state index in [0.29, 0.717) is 11.4 Å². The maximum atomic E-state index is 13.3. The van der Waals surface area contributed by atoms with Gasteiger partial charge in [0.1, 0.15) is 11.4 Å². The number of ether oxygens (including phenoxy) is 1. The van der Waals surface area contributed by atoms with Gasteiger partial charge in [0, 0.05) is 18.5 Å². The highest BCUT2D eigenvalue weighted by Gasteiger charge is 2.16. The van der Waals surface area contributed by atoms with Gasteiger partial charge in [-0.3, -0.25) is 9.59 Å². The van der Waals surface area contributed by atoms with Crippen molar-refractivity contribution in [3.63, 3.8) is 0 Å². The molecule has 3 N–H and O–H groups in total. The minimum absolute atomic E-state index is 0.0193. The molecule has 0 aliphatic rings. The Morgan fingerprint density at radius 1 is 0.966 bits per heavy atom. The number of halogens is 1. The summed E-state index contributed by atoms with van der Waals surface area (Å²) in [4.78, 5) is 36.1. The van der Waals surface area contributed by atoms with Crippen LogP contribution in [-0.2, 0) is 9.53 Å². The largest absolute Gasteiger partial charge is 0.444 e. The maximum absolute atomic E-state index is 13.3. The van der Waals surface area contributed by atoms with Crippen LogP contribution in [-0.4, -0.2) is 30.1 Å². The molecule has 7 nitrogen and oxygen atoms in total. The summed E-state index contributed by atoms with van der Waals surface area (Å²) < 4.78 is 18.4. The first kappa shape index (κ1) is 21.9. The SMILES string of the molecule is CC(C)(C)OC(=O)NCCC(=O)Nc1ccccc1NC(=O)c1cccc(F)c1. The van der Waals surface area contributed by atoms with Crippen molar-refractivity contribution in [1.82, 2.24) is 5.32 Å². The second-order valence-electron chi connectivity index (χ2n) is 7.24. The van der Waals surface area contributed by atoms with Crippen LogP contribution in [0.15, 0.2) is 48.5 Å². The van der Waals surface area contributed by atoms with Crippen LogP contribution in [0.5, 0.6) is 0 Å². The number of anilines is 2. The average molecular weight is 401 g/mol. The third kappa shape index (κ3) is 7.61. The Labute approximate surface area is 168 Å². The molecule has 2 aromatic rings. The first-order valence-electron chi connectivity index (χ1n) is 9.07. The number of benzene rings is 2. The first-order chi connectivity index (χ1) is 13.6. The Kier molecular flexibility index (Phi) is 7.30. The highest BCUT2D eigenvalue weighted by Crippen LogP contribution is 2.22. The molecule has 0 aromatic heterocycles. The summed E-state index contributed by atoms with van der Waals surface area (Å²) in [6.45, 7) is 5.33. The molecule has 0 aliphatic heterocycles. The van der Waals surface area contributed by atoms with E-state index in [1.54, 1.807) is 45.0 Å². The highest BCUT2D eigenvalue weighted by atomic mass is 19.1. The van der Waals surface area contributed by atoms with Gasteiger partial charge >= 0.3 is 6.09 Å². The van der Waals surface area contributed by atoms with Gasteiger partial charge in [-0.1, -0.05) is 18.2 Å². The molecular formula is C21H24FN3O4. The molecule has 2 rings (SSSR count). The Balaban J connectivity index is 1.92. The smallest absolute Gasteiger partial charge is 0.407 e. The van der Waals surface area contributed by atoms with Crippen molar-refractivity contribution in [2.24, 2.45) is 0 Å². The van der Waals surface area contributed by atoms with Crippen molar-refractivity contribution in [3.05, 3.63) is 59.9 Å². The fourth-order valence-electron chi connectivity index (χ4n) is 2.33. The Morgan fingerprint density at radius 3 is 2.24 bits per heavy atom. The lowest BCUT2D eigenvalue weighted by Gasteiger charge is -2.19. The normalized spacial score (nSPS) is 10.8. The van der Waals surface area contributed by atoms with Crippen LogP contribution < -0.4 is 16.0 Å². The monoisotopic (exact) mass is 401 g/mol. The van der Waals surface area contributed by atoms with Crippen LogP contribution in [0, 0.1) is 5.82 Å². The molecule has 0 unspecified atom stereocenters. The molecule has 0 saturated heterocycles. The number of hydrogen-bond donors (Lipinski definition) is 3. The topological polar surface area (TPSA) is 96.5 Å². The number of hydrogen-bond acceptors (Lipinski definition) is 4. The van der Waals surface area contributed by atoms with Crippen molar-refractivity contribution in [2.75, 3.05) is 17.2 Å². The third-order valence-corrected chi connectivity index (χ3v) is 3.56. The van der Waals surface area contributed by atoms with Gasteiger partial charge in [0.15, 0.2) is 0 Å². The lowest BCUT2D eigenvalue weighted by Crippen LogP contribution is -2.34. The van der Waals surface area contributed by atoms with E-state index in [-0.39, 0.29) is 24.4 Å². The summed E-state index contributed by atoms with van der Waals surface area (Å²) in [6.07, 6.45) is -0.584. The summed E-state index contributed by atoms with van der Waals surface area (Å²) in [5, 5.41) is 7.83. The standard InChI is InChI=1S/C21H24FN3O4/c1-21(2,3)29-20(28)23-12-11-18(26)24-16-9-4-5-10-17(16)25-19(27)14-7-6-8-15(22)13-14/h4-10,13H,11-12H2,1-3H3,(H,23,28)(H,24,26)(H,25,27). The number of carbonyl (C=O) groups is 3. The number of carbonyl (C=O) groups excluding carboxylic acids is 3. The van der Waals surface area contributed by atoms with Gasteiger partial charge in [-0.2, -0.15) is 0 Å². The van der Waals surface area contributed by atoms with Crippen LogP contribution in [0.25, 0.3) is 0 Å². The number of para-hydroxylation sites is 2. The van der Waals surface area contributed by atoms with Gasteiger partial charge in [-0.25, -0.2) is 9.18 Å². The van der Waals surface area contributed by atoms with E-state index in [0.717, 1.165) is 6.07 Å². The minimum atomic E-state index is -0.620. The molecule has 0 radical (unpaired) electrons. The van der Waals surface area contributed by atoms with E-state index < -0.39 is 23.4 Å². The zero-order valence-corrected chi connectivity index (χ0v) is 16.5. The summed E-state index contributed by atoms with van der Waals surface area (Å²) >= 11 is 0. The third-order valence-electron chi connectivity index (χ3n) is 3.56. The minimum Gasteiger partial charge on any atom is -0.444 e. The summed E-state index contributed by atoms with van der Waals surface area (Å²) in [7, 11) is 0. The zero-order chi connectivity index (χ0) is 21.4. The molecule has 154 valence electrons. The molecule has 0 atom stereocenters. The number of alkyl carbamates (subject to hydrolysis) is 1.